The van der Waals surface area contributed by atoms with E-state index < -0.39 is 0 Å². The summed E-state index contributed by atoms with van der Waals surface area (Å²) in [5.41, 5.74) is 0.318. The van der Waals surface area contributed by atoms with Crippen LogP contribution in [0.25, 0.3) is 0 Å². The summed E-state index contributed by atoms with van der Waals surface area (Å²) in [6, 6.07) is 1.07. The average molecular weight is 222 g/mol. The van der Waals surface area contributed by atoms with Crippen LogP contribution in [0.1, 0.15) is 40.5 Å². The van der Waals surface area contributed by atoms with Gasteiger partial charge in [0, 0.05) is 25.0 Å². The van der Waals surface area contributed by atoms with Gasteiger partial charge in [0.25, 0.3) is 0 Å². The molecule has 0 radical (unpaired) electrons. The Labute approximate surface area is 101 Å². The zero-order valence-corrected chi connectivity index (χ0v) is 11.2. The highest BCUT2D eigenvalue weighted by Gasteiger charge is 2.29. The Morgan fingerprint density at radius 3 is 2.75 bits per heavy atom. The van der Waals surface area contributed by atoms with Gasteiger partial charge in [-0.05, 0) is 31.8 Å². The van der Waals surface area contributed by atoms with Crippen molar-refractivity contribution in [3.8, 4) is 12.3 Å². The topological polar surface area (TPSA) is 15.3 Å². The van der Waals surface area contributed by atoms with Crippen LogP contribution in [0.4, 0.5) is 0 Å². The Balaban J connectivity index is 2.62. The van der Waals surface area contributed by atoms with E-state index in [0.29, 0.717) is 17.5 Å². The number of hydrogen-bond donors (Lipinski definition) is 1. The Hall–Kier alpha value is -0.520. The van der Waals surface area contributed by atoms with Gasteiger partial charge >= 0.3 is 0 Å². The van der Waals surface area contributed by atoms with E-state index in [1.54, 1.807) is 0 Å². The maximum atomic E-state index is 5.40. The van der Waals surface area contributed by atoms with Crippen LogP contribution >= 0.6 is 0 Å². The van der Waals surface area contributed by atoms with E-state index in [-0.39, 0.29) is 0 Å². The summed E-state index contributed by atoms with van der Waals surface area (Å²) in [5.74, 6) is 2.78. The summed E-state index contributed by atoms with van der Waals surface area (Å²) in [6.45, 7) is 12.6. The van der Waals surface area contributed by atoms with Gasteiger partial charge in [-0.2, -0.15) is 0 Å². The van der Waals surface area contributed by atoms with Crippen molar-refractivity contribution in [1.82, 2.24) is 10.2 Å². The molecule has 2 atom stereocenters. The molecule has 0 aromatic heterocycles. The van der Waals surface area contributed by atoms with E-state index in [1.807, 2.05) is 0 Å². The minimum atomic E-state index is 0.318. The number of hydrogen-bond acceptors (Lipinski definition) is 2. The van der Waals surface area contributed by atoms with E-state index in [1.165, 1.54) is 13.0 Å². The van der Waals surface area contributed by atoms with Crippen LogP contribution in [0.15, 0.2) is 0 Å². The van der Waals surface area contributed by atoms with Gasteiger partial charge in [-0.25, -0.2) is 0 Å². The Kier molecular flexibility index (Phi) is 4.83. The van der Waals surface area contributed by atoms with Crippen molar-refractivity contribution in [1.29, 1.82) is 0 Å². The molecule has 0 amide bonds. The van der Waals surface area contributed by atoms with Crippen LogP contribution in [0.3, 0.4) is 0 Å². The molecule has 1 heterocycles. The van der Waals surface area contributed by atoms with Crippen LogP contribution < -0.4 is 5.32 Å². The smallest absolute Gasteiger partial charge is 0.0243 e. The average Bonchev–Trinajstić information content (AvgIpc) is 2.42. The van der Waals surface area contributed by atoms with Crippen molar-refractivity contribution < 1.29 is 0 Å². The second-order valence-electron chi connectivity index (χ2n) is 5.98. The molecule has 0 bridgehead atoms. The normalized spacial score (nSPS) is 25.8. The molecule has 1 fully saturated rings. The minimum Gasteiger partial charge on any atom is -0.312 e. The second kappa shape index (κ2) is 5.70. The van der Waals surface area contributed by atoms with Gasteiger partial charge in [-0.3, -0.25) is 4.90 Å². The molecule has 1 saturated heterocycles. The maximum absolute atomic E-state index is 5.40. The molecule has 1 N–H and O–H groups in total. The first kappa shape index (κ1) is 13.5. The predicted molar refractivity (Wildman–Crippen MR) is 70.3 cm³/mol. The quantitative estimate of drug-likeness (QED) is 0.720. The molecular formula is C14H26N2. The molecule has 2 heteroatoms. The molecule has 1 aliphatic heterocycles. The van der Waals surface area contributed by atoms with Crippen molar-refractivity contribution in [3.05, 3.63) is 0 Å². The molecular weight excluding hydrogens is 196 g/mol. The van der Waals surface area contributed by atoms with E-state index in [2.05, 4.69) is 43.8 Å². The van der Waals surface area contributed by atoms with Crippen molar-refractivity contribution in [2.45, 2.75) is 52.6 Å². The largest absolute Gasteiger partial charge is 0.312 e. The summed E-state index contributed by atoms with van der Waals surface area (Å²) in [5, 5.41) is 3.66. The molecule has 2 nitrogen and oxygen atoms in total. The van der Waals surface area contributed by atoms with Crippen LogP contribution in [0.2, 0.25) is 0 Å². The summed E-state index contributed by atoms with van der Waals surface area (Å²) in [6.07, 6.45) is 7.49. The molecule has 0 aromatic rings. The molecule has 0 aliphatic carbocycles. The zero-order valence-electron chi connectivity index (χ0n) is 11.2. The molecule has 0 saturated carbocycles. The Morgan fingerprint density at radius 1 is 1.50 bits per heavy atom. The molecule has 1 rings (SSSR count). The highest BCUT2D eigenvalue weighted by atomic mass is 15.2. The first-order chi connectivity index (χ1) is 7.45. The fraction of sp³-hybridized carbons (Fsp3) is 0.857. The second-order valence-corrected chi connectivity index (χ2v) is 5.98. The zero-order chi connectivity index (χ0) is 12.2. The minimum absolute atomic E-state index is 0.318. The lowest BCUT2D eigenvalue weighted by Crippen LogP contribution is -2.48. The predicted octanol–water partition coefficient (Wildman–Crippen LogP) is 2.11. The van der Waals surface area contributed by atoms with E-state index >= 15 is 0 Å². The number of rotatable bonds is 2. The molecule has 92 valence electrons. The van der Waals surface area contributed by atoms with Crippen molar-refractivity contribution in [2.24, 2.45) is 5.41 Å². The third-order valence-corrected chi connectivity index (χ3v) is 3.51. The van der Waals surface area contributed by atoms with Gasteiger partial charge in [-0.1, -0.05) is 20.8 Å². The number of nitrogens with one attached hydrogen (secondary N) is 1. The fourth-order valence-electron chi connectivity index (χ4n) is 2.23. The highest BCUT2D eigenvalue weighted by Crippen LogP contribution is 2.22. The van der Waals surface area contributed by atoms with Gasteiger partial charge in [0.15, 0.2) is 0 Å². The summed E-state index contributed by atoms with van der Waals surface area (Å²) in [7, 11) is 0. The Morgan fingerprint density at radius 2 is 2.19 bits per heavy atom. The summed E-state index contributed by atoms with van der Waals surface area (Å²) >= 11 is 0. The molecule has 0 aromatic carbocycles. The van der Waals surface area contributed by atoms with Gasteiger partial charge in [0.1, 0.15) is 0 Å². The van der Waals surface area contributed by atoms with Gasteiger partial charge < -0.3 is 5.32 Å². The third-order valence-electron chi connectivity index (χ3n) is 3.51. The van der Waals surface area contributed by atoms with Gasteiger partial charge in [-0.15, -0.1) is 12.3 Å². The summed E-state index contributed by atoms with van der Waals surface area (Å²) < 4.78 is 0. The van der Waals surface area contributed by atoms with Gasteiger partial charge in [0.2, 0.25) is 0 Å². The number of nitrogens with zero attached hydrogens (tertiary/aromatic N) is 1. The van der Waals surface area contributed by atoms with Crippen molar-refractivity contribution >= 4 is 0 Å². The van der Waals surface area contributed by atoms with E-state index in [9.17, 15) is 0 Å². The molecule has 16 heavy (non-hydrogen) atoms. The number of terminal acetylenes is 1. The van der Waals surface area contributed by atoms with Crippen LogP contribution in [0.5, 0.6) is 0 Å². The lowest BCUT2D eigenvalue weighted by molar-refractivity contribution is 0.163. The lowest BCUT2D eigenvalue weighted by Gasteiger charge is -2.35. The van der Waals surface area contributed by atoms with Crippen LogP contribution in [-0.2, 0) is 0 Å². The standard InChI is InChI=1S/C14H26N2/c1-6-8-12(2)16-10-7-9-15-13(11-16)14(3,4)5/h1,12-13,15H,7-11H2,2-5H3. The molecule has 0 spiro atoms. The first-order valence-corrected chi connectivity index (χ1v) is 6.36. The molecule has 1 aliphatic rings. The fourth-order valence-corrected chi connectivity index (χ4v) is 2.23. The van der Waals surface area contributed by atoms with E-state index in [0.717, 1.165) is 19.5 Å². The van der Waals surface area contributed by atoms with Crippen LogP contribution in [-0.4, -0.2) is 36.6 Å². The van der Waals surface area contributed by atoms with Crippen molar-refractivity contribution in [3.63, 3.8) is 0 Å². The SMILES string of the molecule is C#CCC(C)N1CCCNC(C(C)(C)C)C1. The molecule has 2 unspecified atom stereocenters. The third kappa shape index (κ3) is 3.81. The Bertz CT molecular complexity index is 246. The van der Waals surface area contributed by atoms with Gasteiger partial charge in [0.05, 0.1) is 0 Å². The monoisotopic (exact) mass is 222 g/mol. The van der Waals surface area contributed by atoms with E-state index in [4.69, 9.17) is 6.42 Å². The maximum Gasteiger partial charge on any atom is 0.0243 e. The first-order valence-electron chi connectivity index (χ1n) is 6.36. The highest BCUT2D eigenvalue weighted by molar-refractivity contribution is 4.92. The van der Waals surface area contributed by atoms with Crippen LogP contribution in [0, 0.1) is 17.8 Å². The van der Waals surface area contributed by atoms with Crippen molar-refractivity contribution in [2.75, 3.05) is 19.6 Å². The lowest BCUT2D eigenvalue weighted by atomic mass is 9.86. The summed E-state index contributed by atoms with van der Waals surface area (Å²) in [4.78, 5) is 2.54.